The van der Waals surface area contributed by atoms with E-state index in [4.69, 9.17) is 4.74 Å². The van der Waals surface area contributed by atoms with Gasteiger partial charge in [0.1, 0.15) is 11.5 Å². The molecule has 1 unspecified atom stereocenters. The van der Waals surface area contributed by atoms with Crippen LogP contribution in [0.4, 0.5) is 0 Å². The van der Waals surface area contributed by atoms with Crippen molar-refractivity contribution in [1.29, 1.82) is 0 Å². The topological polar surface area (TPSA) is 9.23 Å². The molecule has 0 aromatic heterocycles. The zero-order valence-corrected chi connectivity index (χ0v) is 19.2. The monoisotopic (exact) mass is 426 g/mol. The highest BCUT2D eigenvalue weighted by Gasteiger charge is 2.37. The van der Waals surface area contributed by atoms with Crippen LogP contribution in [0.5, 0.6) is 11.5 Å². The minimum absolute atomic E-state index is 0.125. The van der Waals surface area contributed by atoms with Crippen molar-refractivity contribution in [2.45, 2.75) is 19.3 Å². The number of hydrogen-bond donors (Lipinski definition) is 0. The van der Waals surface area contributed by atoms with Crippen molar-refractivity contribution in [3.8, 4) is 11.5 Å². The summed E-state index contributed by atoms with van der Waals surface area (Å²) in [6.07, 6.45) is 0. The average Bonchev–Trinajstić information content (AvgIpc) is 2.77. The van der Waals surface area contributed by atoms with Gasteiger partial charge in [0.25, 0.3) is 0 Å². The molecule has 1 atom stereocenters. The van der Waals surface area contributed by atoms with Crippen LogP contribution in [0.3, 0.4) is 0 Å². The minimum atomic E-state index is -0.733. The molecule has 148 valence electrons. The second-order valence-electron chi connectivity index (χ2n) is 8.11. The number of hydrogen-bond acceptors (Lipinski definition) is 1. The normalized spacial score (nSPS) is 14.0. The predicted octanol–water partition coefficient (Wildman–Crippen LogP) is 5.38. The van der Waals surface area contributed by atoms with Crippen LogP contribution in [0.1, 0.15) is 25.0 Å². The van der Waals surface area contributed by atoms with Gasteiger partial charge >= 0.3 is 0 Å². The molecule has 0 aliphatic carbocycles. The van der Waals surface area contributed by atoms with Gasteiger partial charge in [-0.3, -0.25) is 0 Å². The Morgan fingerprint density at radius 2 is 1.17 bits per heavy atom. The summed E-state index contributed by atoms with van der Waals surface area (Å²) in [5, 5.41) is 5.04. The zero-order chi connectivity index (χ0) is 20.7. The molecule has 4 aromatic rings. The van der Waals surface area contributed by atoms with E-state index in [2.05, 4.69) is 120 Å². The van der Waals surface area contributed by atoms with Gasteiger partial charge in [-0.1, -0.05) is 111 Å². The standard InChI is InChI=1S/C27H24OP2/c1-27(2)21-15-9-17-23(29)25(21)28-26-22(27)16-10-18-24(26)30(19-11-5-3-6-12-19)20-13-7-4-8-14-20/h3-18H,29H2,1-2H3. The van der Waals surface area contributed by atoms with Gasteiger partial charge in [-0.25, -0.2) is 0 Å². The highest BCUT2D eigenvalue weighted by atomic mass is 31.1. The molecule has 0 bridgehead atoms. The lowest BCUT2D eigenvalue weighted by atomic mass is 9.76. The summed E-state index contributed by atoms with van der Waals surface area (Å²) in [5.74, 6) is 1.99. The van der Waals surface area contributed by atoms with Gasteiger partial charge < -0.3 is 4.74 Å². The summed E-state index contributed by atoms with van der Waals surface area (Å²) in [5.41, 5.74) is 2.37. The quantitative estimate of drug-likeness (QED) is 0.400. The Kier molecular flexibility index (Phi) is 4.98. The van der Waals surface area contributed by atoms with Gasteiger partial charge in [0.05, 0.1) is 0 Å². The van der Waals surface area contributed by atoms with E-state index in [1.807, 2.05) is 0 Å². The van der Waals surface area contributed by atoms with Gasteiger partial charge in [-0.15, -0.1) is 9.24 Å². The Morgan fingerprint density at radius 3 is 1.77 bits per heavy atom. The van der Waals surface area contributed by atoms with Crippen LogP contribution in [-0.2, 0) is 5.41 Å². The van der Waals surface area contributed by atoms with Gasteiger partial charge in [-0.2, -0.15) is 0 Å². The molecule has 0 saturated heterocycles. The van der Waals surface area contributed by atoms with Crippen LogP contribution in [-0.4, -0.2) is 0 Å². The van der Waals surface area contributed by atoms with Crippen molar-refractivity contribution >= 4 is 38.4 Å². The Balaban J connectivity index is 1.76. The molecular formula is C27H24OP2. The Morgan fingerprint density at radius 1 is 0.633 bits per heavy atom. The lowest BCUT2D eigenvalue weighted by Crippen LogP contribution is -2.31. The van der Waals surface area contributed by atoms with E-state index in [0.717, 1.165) is 16.8 Å². The fourth-order valence-corrected chi connectivity index (χ4v) is 7.01. The van der Waals surface area contributed by atoms with Crippen LogP contribution in [0.2, 0.25) is 0 Å². The molecule has 1 aliphatic heterocycles. The summed E-state index contributed by atoms with van der Waals surface area (Å²) < 4.78 is 6.69. The summed E-state index contributed by atoms with van der Waals surface area (Å²) >= 11 is 0. The van der Waals surface area contributed by atoms with E-state index >= 15 is 0 Å². The van der Waals surface area contributed by atoms with Gasteiger partial charge in [-0.05, 0) is 18.5 Å². The van der Waals surface area contributed by atoms with Crippen molar-refractivity contribution in [2.75, 3.05) is 0 Å². The second-order valence-corrected chi connectivity index (χ2v) is 10.9. The first-order chi connectivity index (χ1) is 14.6. The molecule has 1 heterocycles. The fourth-order valence-electron chi connectivity index (χ4n) is 4.29. The third kappa shape index (κ3) is 3.18. The molecule has 1 aliphatic rings. The molecule has 1 nitrogen and oxygen atoms in total. The Labute approximate surface area is 182 Å². The molecule has 0 radical (unpaired) electrons. The second kappa shape index (κ2) is 7.66. The number of fused-ring (bicyclic) bond motifs is 2. The SMILES string of the molecule is CC1(C)c2cccc(P)c2Oc2c(P(c3ccccc3)c3ccccc3)cccc21. The van der Waals surface area contributed by atoms with E-state index < -0.39 is 7.92 Å². The van der Waals surface area contributed by atoms with E-state index in [1.165, 1.54) is 27.0 Å². The summed E-state index contributed by atoms with van der Waals surface area (Å²) in [6.45, 7) is 4.60. The average molecular weight is 426 g/mol. The van der Waals surface area contributed by atoms with Gasteiger partial charge in [0.15, 0.2) is 0 Å². The first kappa shape index (κ1) is 19.5. The van der Waals surface area contributed by atoms with Crippen LogP contribution >= 0.6 is 17.2 Å². The van der Waals surface area contributed by atoms with E-state index in [0.29, 0.717) is 0 Å². The summed E-state index contributed by atoms with van der Waals surface area (Å²) in [4.78, 5) is 0. The van der Waals surface area contributed by atoms with E-state index in [9.17, 15) is 0 Å². The molecule has 5 rings (SSSR count). The molecule has 0 spiro atoms. The third-order valence-corrected chi connectivity index (χ3v) is 8.78. The number of benzene rings is 4. The number of ether oxygens (including phenoxy) is 1. The van der Waals surface area contributed by atoms with Gasteiger partial charge in [0, 0.05) is 27.2 Å². The summed E-state index contributed by atoms with van der Waals surface area (Å²) in [6, 6.07) is 34.7. The van der Waals surface area contributed by atoms with Crippen molar-refractivity contribution in [1.82, 2.24) is 0 Å². The van der Waals surface area contributed by atoms with E-state index in [-0.39, 0.29) is 5.41 Å². The number of para-hydroxylation sites is 2. The third-order valence-electron chi connectivity index (χ3n) is 5.86. The van der Waals surface area contributed by atoms with Crippen LogP contribution in [0.25, 0.3) is 0 Å². The van der Waals surface area contributed by atoms with Crippen molar-refractivity contribution in [3.05, 3.63) is 108 Å². The van der Waals surface area contributed by atoms with Crippen LogP contribution in [0, 0.1) is 0 Å². The van der Waals surface area contributed by atoms with Gasteiger partial charge in [0.2, 0.25) is 0 Å². The smallest absolute Gasteiger partial charge is 0.139 e. The lowest BCUT2D eigenvalue weighted by Gasteiger charge is -2.37. The highest BCUT2D eigenvalue weighted by Crippen LogP contribution is 2.49. The van der Waals surface area contributed by atoms with Crippen molar-refractivity contribution in [3.63, 3.8) is 0 Å². The number of rotatable bonds is 3. The van der Waals surface area contributed by atoms with Crippen LogP contribution < -0.4 is 26.0 Å². The molecule has 0 saturated carbocycles. The maximum atomic E-state index is 6.69. The highest BCUT2D eigenvalue weighted by molar-refractivity contribution is 7.80. The minimum Gasteiger partial charge on any atom is -0.455 e. The van der Waals surface area contributed by atoms with Crippen molar-refractivity contribution in [2.24, 2.45) is 0 Å². The summed E-state index contributed by atoms with van der Waals surface area (Å²) in [7, 11) is 2.11. The molecule has 0 N–H and O–H groups in total. The molecule has 3 heteroatoms. The molecule has 0 fully saturated rings. The molecule has 30 heavy (non-hydrogen) atoms. The first-order valence-electron chi connectivity index (χ1n) is 10.2. The van der Waals surface area contributed by atoms with E-state index in [1.54, 1.807) is 0 Å². The van der Waals surface area contributed by atoms with Crippen molar-refractivity contribution < 1.29 is 4.74 Å². The fraction of sp³-hybridized carbons (Fsp3) is 0.111. The molecular weight excluding hydrogens is 402 g/mol. The largest absolute Gasteiger partial charge is 0.455 e. The molecule has 4 aromatic carbocycles. The maximum absolute atomic E-state index is 6.69. The predicted molar refractivity (Wildman–Crippen MR) is 133 cm³/mol. The zero-order valence-electron chi connectivity index (χ0n) is 17.2. The van der Waals surface area contributed by atoms with Crippen LogP contribution in [0.15, 0.2) is 97.1 Å². The first-order valence-corrected chi connectivity index (χ1v) is 12.1. The lowest BCUT2D eigenvalue weighted by molar-refractivity contribution is 0.425. The Bertz CT molecular complexity index is 1160. The maximum Gasteiger partial charge on any atom is 0.139 e. The molecule has 0 amide bonds. The Hall–Kier alpha value is -2.46.